The predicted octanol–water partition coefficient (Wildman–Crippen LogP) is -3.34. The minimum Gasteiger partial charge on any atom is -0.651 e. The molecule has 0 amide bonds. The van der Waals surface area contributed by atoms with Crippen molar-refractivity contribution in [3.8, 4) is 0 Å². The summed E-state index contributed by atoms with van der Waals surface area (Å²) in [5, 5.41) is 0. The van der Waals surface area contributed by atoms with Crippen LogP contribution >= 0.6 is 0 Å². The smallest absolute Gasteiger partial charge is 0.196 e. The Balaban J connectivity index is -0.000000600. The first-order valence-corrected chi connectivity index (χ1v) is 11.1. The fraction of sp³-hybridized carbons (Fsp3) is 0.682. The van der Waals surface area contributed by atoms with Gasteiger partial charge < -0.3 is 85.7 Å². The Bertz CT molecular complexity index is 865. The average Bonchev–Trinajstić information content (AvgIpc) is 2.92. The Labute approximate surface area is 445 Å². The molecule has 2 rings (SSSR count). The van der Waals surface area contributed by atoms with Gasteiger partial charge in [0.2, 0.25) is 0 Å². The van der Waals surface area contributed by atoms with E-state index in [9.17, 15) is 33.6 Å². The van der Waals surface area contributed by atoms with E-state index in [2.05, 4.69) is 9.47 Å². The number of hydrogen-bond acceptors (Lipinski definition) is 18. The summed E-state index contributed by atoms with van der Waals surface area (Å²) in [6.07, 6.45) is -16.5. The van der Waals surface area contributed by atoms with Gasteiger partial charge in [0.25, 0.3) is 0 Å². The van der Waals surface area contributed by atoms with Gasteiger partial charge in [-0.3, -0.25) is 0 Å². The molecule has 2 aliphatic heterocycles. The summed E-state index contributed by atoms with van der Waals surface area (Å²) in [4.78, 5) is 77.1. The molecule has 0 aromatic rings. The van der Waals surface area contributed by atoms with Crippen molar-refractivity contribution in [2.45, 2.75) is 81.4 Å². The molecule has 7 radical (unpaired) electrons. The molecule has 18 nitrogen and oxygen atoms in total. The molecule has 0 aromatic carbocycles. The van der Waals surface area contributed by atoms with Gasteiger partial charge in [-0.2, -0.15) is 0 Å². The Morgan fingerprint density at radius 2 is 0.809 bits per heavy atom. The topological polar surface area (TPSA) is 221 Å². The normalized spacial score (nSPS) is 28.4. The van der Waals surface area contributed by atoms with Crippen LogP contribution in [0.3, 0.4) is 0 Å². The molecule has 245 valence electrons. The van der Waals surface area contributed by atoms with Crippen molar-refractivity contribution in [2.75, 3.05) is 13.2 Å². The molecule has 2 saturated heterocycles. The Morgan fingerprint density at radius 3 is 1.21 bits per heavy atom. The molecular weight excluding hydrogens is 1170 g/mol. The largest absolute Gasteiger partial charge is 0.651 e. The molecule has 0 aromatic heterocycles. The van der Waals surface area contributed by atoms with Gasteiger partial charge in [0.15, 0.2) is 18.7 Å². The van der Waals surface area contributed by atoms with E-state index in [1.807, 2.05) is 0 Å². The van der Waals surface area contributed by atoms with Crippen LogP contribution in [0.5, 0.6) is 0 Å². The zero-order valence-corrected chi connectivity index (χ0v) is 44.5. The summed E-state index contributed by atoms with van der Waals surface area (Å²) in [5.41, 5.74) is 0. The predicted molar refractivity (Wildman–Crippen MR) is 115 cm³/mol. The van der Waals surface area contributed by atoms with Crippen molar-refractivity contribution in [1.82, 2.24) is 0 Å². The van der Waals surface area contributed by atoms with Crippen LogP contribution in [0.25, 0.3) is 0 Å². The monoisotopic (exact) mass is 1200 g/mol. The third kappa shape index (κ3) is 20.4. The fourth-order valence-electron chi connectivity index (χ4n) is 4.00. The van der Waals surface area contributed by atoms with Gasteiger partial charge in [-0.25, -0.2) is 0 Å². The summed E-state index contributed by atoms with van der Waals surface area (Å²) in [7, 11) is 0. The second kappa shape index (κ2) is 36.8. The molecule has 0 aliphatic carbocycles. The molecular formula is C22H21O18Y7-7. The first-order valence-electron chi connectivity index (χ1n) is 11.1. The van der Waals surface area contributed by atoms with Crippen LogP contribution in [0, 0.1) is 0 Å². The maximum Gasteiger partial charge on any atom is 0.196 e. The number of rotatable bonds is 20. The van der Waals surface area contributed by atoms with Crippen molar-refractivity contribution < 1.29 is 315 Å². The zero-order chi connectivity index (χ0) is 29.5. The van der Waals surface area contributed by atoms with Crippen molar-refractivity contribution in [3.05, 3.63) is 0 Å². The van der Waals surface area contributed by atoms with E-state index in [-0.39, 0.29) is 229 Å². The number of ether oxygens (including phenoxy) is 11. The molecule has 47 heavy (non-hydrogen) atoms. The second-order valence-corrected chi connectivity index (χ2v) is 7.99. The third-order valence-corrected chi connectivity index (χ3v) is 5.41. The molecule has 2 fully saturated rings. The summed E-state index contributed by atoms with van der Waals surface area (Å²) < 4.78 is 56.3. The SMILES string of the molecule is CC(C)OC1O[C@H](CO[C-]=O)[C@@H](O[C@H]2O[C@H](CO[C-]=O)[C@@H](O[C-]=O)[C@H](O[C-]=O)[C@H]2O[C-]=O)[C@H](O[C-]=O)[C@H]1O[C-]=O.[Y].[Y].[Y].[Y].[Y].[Y].[Y]. The first kappa shape index (κ1) is 62.8. The van der Waals surface area contributed by atoms with Crippen LogP contribution in [-0.4, -0.2) is 126 Å². The minimum absolute atomic E-state index is 0. The summed E-state index contributed by atoms with van der Waals surface area (Å²) in [6, 6.07) is 0. The maximum absolute atomic E-state index is 11.3. The first-order chi connectivity index (χ1) is 19.4. The van der Waals surface area contributed by atoms with Gasteiger partial charge in [-0.1, -0.05) is 45.3 Å². The van der Waals surface area contributed by atoms with Crippen LogP contribution < -0.4 is 0 Å². The maximum atomic E-state index is 11.3. The fourth-order valence-corrected chi connectivity index (χ4v) is 4.00. The van der Waals surface area contributed by atoms with Crippen LogP contribution in [0.4, 0.5) is 0 Å². The van der Waals surface area contributed by atoms with Gasteiger partial charge in [-0.05, 0) is 13.8 Å². The second-order valence-electron chi connectivity index (χ2n) is 7.99. The quantitative estimate of drug-likeness (QED) is 0.0859. The average molecular weight is 1200 g/mol. The number of hydrogen-bond donors (Lipinski definition) is 0. The van der Waals surface area contributed by atoms with Crippen LogP contribution in [0.1, 0.15) is 13.8 Å². The molecule has 0 saturated carbocycles. The van der Waals surface area contributed by atoms with Crippen molar-refractivity contribution >= 4 is 45.3 Å². The van der Waals surface area contributed by atoms with E-state index in [4.69, 9.17) is 42.6 Å². The van der Waals surface area contributed by atoms with Gasteiger partial charge >= 0.3 is 0 Å². The van der Waals surface area contributed by atoms with E-state index in [0.29, 0.717) is 0 Å². The molecule has 25 heteroatoms. The molecule has 0 N–H and O–H groups in total. The molecule has 0 spiro atoms. The van der Waals surface area contributed by atoms with E-state index in [1.54, 1.807) is 13.8 Å². The molecule has 2 aliphatic rings. The van der Waals surface area contributed by atoms with E-state index < -0.39 is 80.7 Å². The summed E-state index contributed by atoms with van der Waals surface area (Å²) in [6.45, 7) is 9.81. The van der Waals surface area contributed by atoms with Gasteiger partial charge in [0, 0.05) is 229 Å². The summed E-state index contributed by atoms with van der Waals surface area (Å²) in [5.74, 6) is 0. The Morgan fingerprint density at radius 1 is 0.468 bits per heavy atom. The zero-order valence-electron chi connectivity index (χ0n) is 24.7. The third-order valence-electron chi connectivity index (χ3n) is 5.41. The standard InChI is InChI=1S/C22H21O18.7Y/c1-12(2)37-21-20(36-11-29)18(34-9-27)16(14(39-21)4-31-6-24)40-22-19(35-10-28)17(33-8-26)15(32-7-25)13(38-22)3-30-5-23;;;;;;;/h12-22H,3-4H2,1-2H3;;;;;;;/q-7;;;;;;;/t13-,14-,15-,16-,17+,18+,19-,20-,21?,22-;;;;;;;/m1......./s1. The Hall–Kier alpha value is 3.86. The van der Waals surface area contributed by atoms with Crippen molar-refractivity contribution in [2.24, 2.45) is 0 Å². The summed E-state index contributed by atoms with van der Waals surface area (Å²) >= 11 is 0. The van der Waals surface area contributed by atoms with Gasteiger partial charge in [0.1, 0.15) is 42.7 Å². The molecule has 1 unspecified atom stereocenters. The molecule has 0 bridgehead atoms. The van der Waals surface area contributed by atoms with Crippen LogP contribution in [-0.2, 0) is 315 Å². The van der Waals surface area contributed by atoms with Crippen LogP contribution in [0.2, 0.25) is 0 Å². The van der Waals surface area contributed by atoms with Crippen molar-refractivity contribution in [3.63, 3.8) is 0 Å². The Kier molecular flexibility index (Phi) is 49.2. The molecule has 2 heterocycles. The van der Waals surface area contributed by atoms with Gasteiger partial charge in [-0.15, -0.1) is 0 Å². The number of carbonyl (C=O) groups excluding carboxylic acids is 7. The van der Waals surface area contributed by atoms with E-state index in [1.165, 1.54) is 12.9 Å². The molecule has 10 atom stereocenters. The minimum atomic E-state index is -1.84. The van der Waals surface area contributed by atoms with E-state index in [0.717, 1.165) is 32.4 Å². The van der Waals surface area contributed by atoms with Crippen LogP contribution in [0.15, 0.2) is 0 Å². The van der Waals surface area contributed by atoms with E-state index >= 15 is 0 Å². The van der Waals surface area contributed by atoms with Crippen molar-refractivity contribution in [1.29, 1.82) is 0 Å². The van der Waals surface area contributed by atoms with Gasteiger partial charge in [0.05, 0.1) is 19.3 Å².